The molecule has 0 atom stereocenters. The van der Waals surface area contributed by atoms with Gasteiger partial charge in [-0.15, -0.1) is 0 Å². The lowest BCUT2D eigenvalue weighted by atomic mass is 10.1. The van der Waals surface area contributed by atoms with Gasteiger partial charge in [0.15, 0.2) is 0 Å². The summed E-state index contributed by atoms with van der Waals surface area (Å²) in [4.78, 5) is 12.0. The number of amides is 1. The number of fused-ring (bicyclic) bond motifs is 1. The van der Waals surface area contributed by atoms with Crippen LogP contribution in [0.25, 0.3) is 11.0 Å². The van der Waals surface area contributed by atoms with Crippen molar-refractivity contribution < 1.29 is 13.9 Å². The van der Waals surface area contributed by atoms with Crippen LogP contribution in [-0.4, -0.2) is 19.6 Å². The molecule has 4 nitrogen and oxygen atoms in total. The summed E-state index contributed by atoms with van der Waals surface area (Å²) < 4.78 is 10.6. The Morgan fingerprint density at radius 3 is 2.67 bits per heavy atom. The highest BCUT2D eigenvalue weighted by atomic mass is 16.5. The second-order valence-electron chi connectivity index (χ2n) is 5.71. The maximum absolute atomic E-state index is 12.0. The van der Waals surface area contributed by atoms with Gasteiger partial charge in [0.1, 0.15) is 11.3 Å². The first-order chi connectivity index (χ1) is 11.8. The maximum atomic E-state index is 12.0. The molecule has 3 rings (SSSR count). The van der Waals surface area contributed by atoms with E-state index in [0.717, 1.165) is 40.7 Å². The summed E-state index contributed by atoms with van der Waals surface area (Å²) in [7, 11) is 1.64. The average Bonchev–Trinajstić information content (AvgIpc) is 3.04. The first kappa shape index (κ1) is 16.1. The van der Waals surface area contributed by atoms with E-state index in [1.54, 1.807) is 13.4 Å². The third-order valence-corrected chi connectivity index (χ3v) is 4.08. The van der Waals surface area contributed by atoms with Crippen molar-refractivity contribution in [1.82, 2.24) is 5.32 Å². The van der Waals surface area contributed by atoms with Crippen molar-refractivity contribution in [3.8, 4) is 5.75 Å². The van der Waals surface area contributed by atoms with Gasteiger partial charge >= 0.3 is 0 Å². The Balaban J connectivity index is 1.44. The van der Waals surface area contributed by atoms with Gasteiger partial charge in [0.05, 0.1) is 13.4 Å². The molecule has 24 heavy (non-hydrogen) atoms. The molecular formula is C20H21NO3. The first-order valence-electron chi connectivity index (χ1n) is 8.11. The SMILES string of the molecule is COc1ccc(CCC(=O)NCCc2coc3ccccc23)cc1. The lowest BCUT2D eigenvalue weighted by molar-refractivity contribution is -0.121. The van der Waals surface area contributed by atoms with Crippen molar-refractivity contribution >= 4 is 16.9 Å². The Hall–Kier alpha value is -2.75. The van der Waals surface area contributed by atoms with E-state index in [4.69, 9.17) is 9.15 Å². The molecule has 0 unspecified atom stereocenters. The van der Waals surface area contributed by atoms with E-state index >= 15 is 0 Å². The molecule has 0 saturated heterocycles. The number of hydrogen-bond acceptors (Lipinski definition) is 3. The van der Waals surface area contributed by atoms with Crippen LogP contribution in [0.15, 0.2) is 59.2 Å². The van der Waals surface area contributed by atoms with Gasteiger partial charge in [-0.25, -0.2) is 0 Å². The van der Waals surface area contributed by atoms with Crippen LogP contribution in [0.1, 0.15) is 17.5 Å². The van der Waals surface area contributed by atoms with E-state index in [0.29, 0.717) is 13.0 Å². The number of nitrogens with one attached hydrogen (secondary N) is 1. The third-order valence-electron chi connectivity index (χ3n) is 4.08. The van der Waals surface area contributed by atoms with Gasteiger partial charge < -0.3 is 14.5 Å². The van der Waals surface area contributed by atoms with Crippen molar-refractivity contribution in [1.29, 1.82) is 0 Å². The topological polar surface area (TPSA) is 51.5 Å². The minimum Gasteiger partial charge on any atom is -0.497 e. The molecule has 1 heterocycles. The second kappa shape index (κ2) is 7.68. The van der Waals surface area contributed by atoms with Crippen LogP contribution < -0.4 is 10.1 Å². The van der Waals surface area contributed by atoms with E-state index < -0.39 is 0 Å². The third kappa shape index (κ3) is 3.96. The summed E-state index contributed by atoms with van der Waals surface area (Å²) in [5, 5.41) is 4.09. The van der Waals surface area contributed by atoms with Gasteiger partial charge in [-0.3, -0.25) is 4.79 Å². The van der Waals surface area contributed by atoms with Crippen molar-refractivity contribution in [2.75, 3.05) is 13.7 Å². The van der Waals surface area contributed by atoms with E-state index in [9.17, 15) is 4.79 Å². The molecule has 0 bridgehead atoms. The van der Waals surface area contributed by atoms with Gasteiger partial charge in [-0.05, 0) is 42.2 Å². The Morgan fingerprint density at radius 1 is 1.08 bits per heavy atom. The monoisotopic (exact) mass is 323 g/mol. The van der Waals surface area contributed by atoms with Gasteiger partial charge in [-0.2, -0.15) is 0 Å². The van der Waals surface area contributed by atoms with Gasteiger partial charge in [-0.1, -0.05) is 30.3 Å². The van der Waals surface area contributed by atoms with Crippen LogP contribution in [0.4, 0.5) is 0 Å². The molecule has 0 aliphatic rings. The highest BCUT2D eigenvalue weighted by molar-refractivity contribution is 5.81. The predicted octanol–water partition coefficient (Wildman–Crippen LogP) is 3.73. The Kier molecular flexibility index (Phi) is 5.16. The van der Waals surface area contributed by atoms with Crippen molar-refractivity contribution in [3.63, 3.8) is 0 Å². The normalized spacial score (nSPS) is 10.7. The largest absolute Gasteiger partial charge is 0.497 e. The maximum Gasteiger partial charge on any atom is 0.220 e. The molecule has 0 aliphatic carbocycles. The van der Waals surface area contributed by atoms with Crippen LogP contribution in [-0.2, 0) is 17.6 Å². The summed E-state index contributed by atoms with van der Waals surface area (Å²) in [5.74, 6) is 0.897. The first-order valence-corrected chi connectivity index (χ1v) is 8.11. The van der Waals surface area contributed by atoms with Crippen molar-refractivity contribution in [2.24, 2.45) is 0 Å². The molecule has 4 heteroatoms. The zero-order chi connectivity index (χ0) is 16.8. The molecule has 2 aromatic carbocycles. The molecule has 124 valence electrons. The fraction of sp³-hybridized carbons (Fsp3) is 0.250. The number of methoxy groups -OCH3 is 1. The van der Waals surface area contributed by atoms with E-state index in [-0.39, 0.29) is 5.91 Å². The number of hydrogen-bond donors (Lipinski definition) is 1. The predicted molar refractivity (Wildman–Crippen MR) is 94.2 cm³/mol. The van der Waals surface area contributed by atoms with Crippen LogP contribution in [0.5, 0.6) is 5.75 Å². The number of rotatable bonds is 7. The highest BCUT2D eigenvalue weighted by Gasteiger charge is 2.06. The van der Waals surface area contributed by atoms with Crippen molar-refractivity contribution in [3.05, 3.63) is 65.9 Å². The number of aryl methyl sites for hydroxylation is 1. The molecule has 1 aromatic heterocycles. The summed E-state index contributed by atoms with van der Waals surface area (Å²) in [6.07, 6.45) is 3.75. The molecule has 0 aliphatic heterocycles. The fourth-order valence-electron chi connectivity index (χ4n) is 2.70. The molecular weight excluding hydrogens is 302 g/mol. The Morgan fingerprint density at radius 2 is 1.88 bits per heavy atom. The molecule has 0 saturated carbocycles. The Bertz CT molecular complexity index is 805. The van der Waals surface area contributed by atoms with E-state index in [2.05, 4.69) is 5.32 Å². The number of carbonyl (C=O) groups is 1. The molecule has 0 fully saturated rings. The van der Waals surface area contributed by atoms with Gasteiger partial charge in [0.2, 0.25) is 5.91 Å². The minimum absolute atomic E-state index is 0.0682. The quantitative estimate of drug-likeness (QED) is 0.721. The smallest absolute Gasteiger partial charge is 0.220 e. The summed E-state index contributed by atoms with van der Waals surface area (Å²) in [5.41, 5.74) is 3.14. The highest BCUT2D eigenvalue weighted by Crippen LogP contribution is 2.20. The molecule has 0 radical (unpaired) electrons. The Labute approximate surface area is 141 Å². The zero-order valence-corrected chi connectivity index (χ0v) is 13.7. The number of benzene rings is 2. The lowest BCUT2D eigenvalue weighted by Crippen LogP contribution is -2.25. The number of ether oxygens (including phenoxy) is 1. The molecule has 3 aromatic rings. The van der Waals surface area contributed by atoms with Gasteiger partial charge in [0.25, 0.3) is 0 Å². The zero-order valence-electron chi connectivity index (χ0n) is 13.7. The van der Waals surface area contributed by atoms with E-state index in [1.165, 1.54) is 0 Å². The lowest BCUT2D eigenvalue weighted by Gasteiger charge is -2.06. The standard InChI is InChI=1S/C20H21NO3/c1-23-17-9-6-15(7-10-17)8-11-20(22)21-13-12-16-14-24-19-5-3-2-4-18(16)19/h2-7,9-10,14H,8,11-13H2,1H3,(H,21,22). The number of carbonyl (C=O) groups excluding carboxylic acids is 1. The summed E-state index contributed by atoms with van der Waals surface area (Å²) in [6.45, 7) is 0.616. The van der Waals surface area contributed by atoms with Crippen LogP contribution >= 0.6 is 0 Å². The number of furan rings is 1. The van der Waals surface area contributed by atoms with Crippen LogP contribution in [0.2, 0.25) is 0 Å². The summed E-state index contributed by atoms with van der Waals surface area (Å²) >= 11 is 0. The molecule has 0 spiro atoms. The fourth-order valence-corrected chi connectivity index (χ4v) is 2.70. The minimum atomic E-state index is 0.0682. The average molecular weight is 323 g/mol. The molecule has 1 N–H and O–H groups in total. The number of para-hydroxylation sites is 1. The second-order valence-corrected chi connectivity index (χ2v) is 5.71. The van der Waals surface area contributed by atoms with E-state index in [1.807, 2.05) is 48.5 Å². The summed E-state index contributed by atoms with van der Waals surface area (Å²) in [6, 6.07) is 15.7. The van der Waals surface area contributed by atoms with Gasteiger partial charge in [0, 0.05) is 18.4 Å². The molecule has 1 amide bonds. The van der Waals surface area contributed by atoms with Crippen LogP contribution in [0.3, 0.4) is 0 Å². The van der Waals surface area contributed by atoms with Crippen molar-refractivity contribution in [2.45, 2.75) is 19.3 Å². The van der Waals surface area contributed by atoms with Crippen LogP contribution in [0, 0.1) is 0 Å².